The highest BCUT2D eigenvalue weighted by Gasteiger charge is 2.14. The van der Waals surface area contributed by atoms with Crippen molar-refractivity contribution in [2.24, 2.45) is 0 Å². The number of nitrogens with one attached hydrogen (secondary N) is 2. The van der Waals surface area contributed by atoms with E-state index in [4.69, 9.17) is 0 Å². The summed E-state index contributed by atoms with van der Waals surface area (Å²) in [5.74, 6) is -0.664. The van der Waals surface area contributed by atoms with Crippen LogP contribution in [0.5, 0.6) is 0 Å². The van der Waals surface area contributed by atoms with Crippen molar-refractivity contribution in [1.29, 1.82) is 0 Å². The molecule has 0 saturated heterocycles. The van der Waals surface area contributed by atoms with Gasteiger partial charge in [-0.2, -0.15) is 5.10 Å². The van der Waals surface area contributed by atoms with Gasteiger partial charge in [-0.05, 0) is 31.2 Å². The quantitative estimate of drug-likeness (QED) is 0.750. The first-order valence-corrected chi connectivity index (χ1v) is 6.16. The third kappa shape index (κ3) is 2.14. The van der Waals surface area contributed by atoms with Crippen molar-refractivity contribution in [3.05, 3.63) is 59.4 Å². The summed E-state index contributed by atoms with van der Waals surface area (Å²) in [7, 11) is 0. The van der Waals surface area contributed by atoms with E-state index in [9.17, 15) is 9.18 Å². The number of hydrogen-bond acceptors (Lipinski definition) is 2. The van der Waals surface area contributed by atoms with E-state index in [1.807, 2.05) is 24.3 Å². The second kappa shape index (κ2) is 4.77. The number of aryl methyl sites for hydroxylation is 1. The van der Waals surface area contributed by atoms with Crippen LogP contribution in [0.15, 0.2) is 42.5 Å². The minimum absolute atomic E-state index is 0.0112. The minimum atomic E-state index is -0.548. The van der Waals surface area contributed by atoms with Gasteiger partial charge in [-0.25, -0.2) is 4.39 Å². The van der Waals surface area contributed by atoms with Crippen molar-refractivity contribution < 1.29 is 9.18 Å². The molecule has 0 aliphatic heterocycles. The summed E-state index contributed by atoms with van der Waals surface area (Å²) in [6.45, 7) is 1.81. The Bertz CT molecular complexity index is 795. The number of aromatic amines is 1. The molecule has 0 aliphatic carbocycles. The molecule has 0 spiro atoms. The zero-order valence-corrected chi connectivity index (χ0v) is 10.8. The Morgan fingerprint density at radius 1 is 1.25 bits per heavy atom. The maximum atomic E-state index is 13.7. The van der Waals surface area contributed by atoms with E-state index in [-0.39, 0.29) is 5.56 Å². The number of nitrogens with zero attached hydrogens (tertiary/aromatic N) is 1. The van der Waals surface area contributed by atoms with Gasteiger partial charge in [0.15, 0.2) is 5.82 Å². The average molecular weight is 269 g/mol. The molecule has 0 unspecified atom stereocenters. The van der Waals surface area contributed by atoms with E-state index in [1.165, 1.54) is 12.1 Å². The van der Waals surface area contributed by atoms with Gasteiger partial charge < -0.3 is 5.32 Å². The van der Waals surface area contributed by atoms with Gasteiger partial charge in [-0.3, -0.25) is 9.89 Å². The molecule has 20 heavy (non-hydrogen) atoms. The Kier molecular flexibility index (Phi) is 2.95. The summed E-state index contributed by atoms with van der Waals surface area (Å²) >= 11 is 0. The van der Waals surface area contributed by atoms with Gasteiger partial charge >= 0.3 is 0 Å². The van der Waals surface area contributed by atoms with Crippen molar-refractivity contribution in [3.63, 3.8) is 0 Å². The van der Waals surface area contributed by atoms with E-state index in [1.54, 1.807) is 13.0 Å². The predicted octanol–water partition coefficient (Wildman–Crippen LogP) is 3.26. The van der Waals surface area contributed by atoms with Gasteiger partial charge in [0, 0.05) is 5.39 Å². The molecule has 2 aromatic carbocycles. The topological polar surface area (TPSA) is 57.8 Å². The Morgan fingerprint density at radius 2 is 2.05 bits per heavy atom. The maximum Gasteiger partial charge on any atom is 0.259 e. The van der Waals surface area contributed by atoms with Gasteiger partial charge in [0.1, 0.15) is 5.82 Å². The van der Waals surface area contributed by atoms with E-state index >= 15 is 0 Å². The third-order valence-corrected chi connectivity index (χ3v) is 3.07. The first kappa shape index (κ1) is 12.3. The highest BCUT2D eigenvalue weighted by molar-refractivity contribution is 6.08. The standard InChI is InChI=1S/C15H12FN3O/c1-9-6-7-12(16)11(8-9)15(20)17-14-10-4-2-3-5-13(10)18-19-14/h2-8H,1H3,(H2,17,18,19,20). The van der Waals surface area contributed by atoms with Gasteiger partial charge in [0.2, 0.25) is 0 Å². The Hall–Kier alpha value is -2.69. The van der Waals surface area contributed by atoms with Crippen molar-refractivity contribution in [3.8, 4) is 0 Å². The molecule has 0 fully saturated rings. The number of rotatable bonds is 2. The second-order valence-corrected chi connectivity index (χ2v) is 4.56. The van der Waals surface area contributed by atoms with Crippen LogP contribution in [-0.2, 0) is 0 Å². The van der Waals surface area contributed by atoms with Gasteiger partial charge in [-0.15, -0.1) is 0 Å². The molecule has 0 aliphatic rings. The van der Waals surface area contributed by atoms with Gasteiger partial charge in [-0.1, -0.05) is 23.8 Å². The largest absolute Gasteiger partial charge is 0.304 e. The van der Waals surface area contributed by atoms with Crippen molar-refractivity contribution >= 4 is 22.6 Å². The van der Waals surface area contributed by atoms with Crippen LogP contribution in [0.25, 0.3) is 10.9 Å². The number of hydrogen-bond donors (Lipinski definition) is 2. The summed E-state index contributed by atoms with van der Waals surface area (Å²) in [5.41, 5.74) is 1.65. The van der Waals surface area contributed by atoms with Crippen LogP contribution in [0, 0.1) is 12.7 Å². The second-order valence-electron chi connectivity index (χ2n) is 4.56. The number of fused-ring (bicyclic) bond motifs is 1. The molecule has 100 valence electrons. The zero-order chi connectivity index (χ0) is 14.1. The summed E-state index contributed by atoms with van der Waals surface area (Å²) in [6.07, 6.45) is 0. The lowest BCUT2D eigenvalue weighted by Crippen LogP contribution is -2.14. The molecular weight excluding hydrogens is 257 g/mol. The molecule has 2 N–H and O–H groups in total. The lowest BCUT2D eigenvalue weighted by molar-refractivity contribution is 0.102. The maximum absolute atomic E-state index is 13.7. The molecule has 0 bridgehead atoms. The van der Waals surface area contributed by atoms with Crippen LogP contribution in [-0.4, -0.2) is 16.1 Å². The molecule has 3 rings (SSSR count). The Morgan fingerprint density at radius 3 is 2.90 bits per heavy atom. The predicted molar refractivity (Wildman–Crippen MR) is 75.2 cm³/mol. The normalized spacial score (nSPS) is 10.7. The Labute approximate surface area is 114 Å². The van der Waals surface area contributed by atoms with Gasteiger partial charge in [0.05, 0.1) is 11.1 Å². The molecule has 0 atom stereocenters. The molecular formula is C15H12FN3O. The van der Waals surface area contributed by atoms with E-state index in [0.29, 0.717) is 5.82 Å². The fourth-order valence-electron chi connectivity index (χ4n) is 2.05. The molecule has 1 amide bonds. The number of halogens is 1. The molecule has 3 aromatic rings. The molecule has 0 radical (unpaired) electrons. The number of aromatic nitrogens is 2. The number of anilines is 1. The molecule has 4 nitrogen and oxygen atoms in total. The van der Waals surface area contributed by atoms with Crippen molar-refractivity contribution in [2.45, 2.75) is 6.92 Å². The van der Waals surface area contributed by atoms with Crippen LogP contribution in [0.4, 0.5) is 10.2 Å². The number of carbonyl (C=O) groups excluding carboxylic acids is 1. The van der Waals surface area contributed by atoms with Crippen LogP contribution < -0.4 is 5.32 Å². The van der Waals surface area contributed by atoms with Crippen LogP contribution >= 0.6 is 0 Å². The monoisotopic (exact) mass is 269 g/mol. The number of H-pyrrole nitrogens is 1. The summed E-state index contributed by atoms with van der Waals surface area (Å²) in [4.78, 5) is 12.1. The summed E-state index contributed by atoms with van der Waals surface area (Å²) in [5, 5.41) is 10.3. The lowest BCUT2D eigenvalue weighted by atomic mass is 10.1. The SMILES string of the molecule is Cc1ccc(F)c(C(=O)Nc2n[nH]c3ccccc23)c1. The average Bonchev–Trinajstić information content (AvgIpc) is 2.85. The molecule has 1 aromatic heterocycles. The summed E-state index contributed by atoms with van der Waals surface area (Å²) in [6, 6.07) is 11.8. The van der Waals surface area contributed by atoms with Crippen LogP contribution in [0.1, 0.15) is 15.9 Å². The van der Waals surface area contributed by atoms with E-state index in [2.05, 4.69) is 15.5 Å². The van der Waals surface area contributed by atoms with Gasteiger partial charge in [0.25, 0.3) is 5.91 Å². The molecule has 5 heteroatoms. The molecule has 0 saturated carbocycles. The number of para-hydroxylation sites is 1. The highest BCUT2D eigenvalue weighted by atomic mass is 19.1. The minimum Gasteiger partial charge on any atom is -0.304 e. The van der Waals surface area contributed by atoms with E-state index < -0.39 is 11.7 Å². The Balaban J connectivity index is 1.94. The first-order valence-electron chi connectivity index (χ1n) is 6.16. The third-order valence-electron chi connectivity index (χ3n) is 3.07. The van der Waals surface area contributed by atoms with Crippen molar-refractivity contribution in [1.82, 2.24) is 10.2 Å². The van der Waals surface area contributed by atoms with E-state index in [0.717, 1.165) is 16.5 Å². The zero-order valence-electron chi connectivity index (χ0n) is 10.8. The number of benzene rings is 2. The highest BCUT2D eigenvalue weighted by Crippen LogP contribution is 2.20. The summed E-state index contributed by atoms with van der Waals surface area (Å²) < 4.78 is 13.7. The smallest absolute Gasteiger partial charge is 0.259 e. The van der Waals surface area contributed by atoms with Crippen molar-refractivity contribution in [2.75, 3.05) is 5.32 Å². The fourth-order valence-corrected chi connectivity index (χ4v) is 2.05. The van der Waals surface area contributed by atoms with Crippen LogP contribution in [0.3, 0.4) is 0 Å². The number of carbonyl (C=O) groups is 1. The molecule has 1 heterocycles. The lowest BCUT2D eigenvalue weighted by Gasteiger charge is -2.05. The number of amides is 1. The fraction of sp³-hybridized carbons (Fsp3) is 0.0667. The van der Waals surface area contributed by atoms with Crippen LogP contribution in [0.2, 0.25) is 0 Å². The first-order chi connectivity index (χ1) is 9.65.